The first-order valence-electron chi connectivity index (χ1n) is 5.27. The second-order valence-electron chi connectivity index (χ2n) is 3.62. The Morgan fingerprint density at radius 2 is 1.94 bits per heavy atom. The molecule has 18 heavy (non-hydrogen) atoms. The van der Waals surface area contributed by atoms with Crippen LogP contribution in [0.5, 0.6) is 0 Å². The van der Waals surface area contributed by atoms with E-state index in [9.17, 15) is 13.6 Å². The quantitative estimate of drug-likeness (QED) is 0.818. The van der Waals surface area contributed by atoms with Crippen molar-refractivity contribution in [3.63, 3.8) is 0 Å². The first-order chi connectivity index (χ1) is 8.61. The number of carbonyl (C=O) groups is 1. The van der Waals surface area contributed by atoms with Crippen molar-refractivity contribution in [2.45, 2.75) is 6.92 Å². The molecule has 1 heterocycles. The maximum absolute atomic E-state index is 13.7. The summed E-state index contributed by atoms with van der Waals surface area (Å²) < 4.78 is 26.9. The number of hydrogen-bond acceptors (Lipinski definition) is 2. The normalized spacial score (nSPS) is 10.2. The number of pyridine rings is 1. The van der Waals surface area contributed by atoms with Crippen molar-refractivity contribution in [1.29, 1.82) is 0 Å². The molecule has 0 fully saturated rings. The average molecular weight is 248 g/mol. The second kappa shape index (κ2) is 4.91. The molecule has 0 unspecified atom stereocenters. The van der Waals surface area contributed by atoms with Crippen LogP contribution >= 0.6 is 0 Å². The van der Waals surface area contributed by atoms with Crippen LogP contribution in [0.15, 0.2) is 42.6 Å². The summed E-state index contributed by atoms with van der Waals surface area (Å²) in [6.07, 6.45) is 1.47. The molecule has 0 atom stereocenters. The number of hydrogen-bond donors (Lipinski definition) is 0. The Kier molecular flexibility index (Phi) is 3.32. The zero-order valence-electron chi connectivity index (χ0n) is 9.60. The van der Waals surface area contributed by atoms with Gasteiger partial charge in [0.05, 0.1) is 5.69 Å². The number of anilines is 2. The molecule has 0 N–H and O–H groups in total. The zero-order chi connectivity index (χ0) is 13.1. The molecule has 0 aliphatic heterocycles. The van der Waals surface area contributed by atoms with Crippen molar-refractivity contribution in [3.05, 3.63) is 54.2 Å². The molecule has 0 saturated heterocycles. The number of nitrogens with zero attached hydrogens (tertiary/aromatic N) is 2. The van der Waals surface area contributed by atoms with Crippen molar-refractivity contribution >= 4 is 17.4 Å². The van der Waals surface area contributed by atoms with E-state index < -0.39 is 17.5 Å². The van der Waals surface area contributed by atoms with Gasteiger partial charge in [0.15, 0.2) is 11.6 Å². The molecule has 0 bridgehead atoms. The fraction of sp³-hybridized carbons (Fsp3) is 0.0769. The van der Waals surface area contributed by atoms with E-state index in [1.54, 1.807) is 18.2 Å². The highest BCUT2D eigenvalue weighted by Crippen LogP contribution is 2.27. The van der Waals surface area contributed by atoms with Gasteiger partial charge in [0.1, 0.15) is 5.82 Å². The lowest BCUT2D eigenvalue weighted by atomic mass is 10.2. The molecule has 3 nitrogen and oxygen atoms in total. The fourth-order valence-corrected chi connectivity index (χ4v) is 1.61. The SMILES string of the molecule is CC(=O)N(c1ccccn1)c1cccc(F)c1F. The third-order valence-corrected chi connectivity index (χ3v) is 2.37. The van der Waals surface area contributed by atoms with Crippen molar-refractivity contribution < 1.29 is 13.6 Å². The third kappa shape index (κ3) is 2.20. The van der Waals surface area contributed by atoms with E-state index in [1.807, 2.05) is 0 Å². The van der Waals surface area contributed by atoms with E-state index in [1.165, 1.54) is 25.3 Å². The molecule has 0 aliphatic rings. The van der Waals surface area contributed by atoms with Crippen LogP contribution in [0.1, 0.15) is 6.92 Å². The number of rotatable bonds is 2. The number of amides is 1. The highest BCUT2D eigenvalue weighted by molar-refractivity contribution is 5.98. The van der Waals surface area contributed by atoms with E-state index in [2.05, 4.69) is 4.98 Å². The monoisotopic (exact) mass is 248 g/mol. The van der Waals surface area contributed by atoms with Gasteiger partial charge >= 0.3 is 0 Å². The zero-order valence-corrected chi connectivity index (χ0v) is 9.60. The van der Waals surface area contributed by atoms with Gasteiger partial charge in [0, 0.05) is 13.1 Å². The predicted octanol–water partition coefficient (Wildman–Crippen LogP) is 3.04. The van der Waals surface area contributed by atoms with E-state index in [4.69, 9.17) is 0 Å². The van der Waals surface area contributed by atoms with Gasteiger partial charge in [0.25, 0.3) is 0 Å². The van der Waals surface area contributed by atoms with Gasteiger partial charge in [-0.05, 0) is 24.3 Å². The van der Waals surface area contributed by atoms with Crippen LogP contribution in [0.4, 0.5) is 20.3 Å². The van der Waals surface area contributed by atoms with Crippen LogP contribution in [0.3, 0.4) is 0 Å². The highest BCUT2D eigenvalue weighted by atomic mass is 19.2. The van der Waals surface area contributed by atoms with Crippen LogP contribution < -0.4 is 4.90 Å². The Labute approximate surface area is 103 Å². The molecular weight excluding hydrogens is 238 g/mol. The van der Waals surface area contributed by atoms with Crippen molar-refractivity contribution in [2.75, 3.05) is 4.90 Å². The summed E-state index contributed by atoms with van der Waals surface area (Å²) in [6.45, 7) is 1.26. The van der Waals surface area contributed by atoms with Gasteiger partial charge in [-0.2, -0.15) is 0 Å². The molecule has 1 aromatic heterocycles. The second-order valence-corrected chi connectivity index (χ2v) is 3.62. The number of aromatic nitrogens is 1. The van der Waals surface area contributed by atoms with E-state index in [0.717, 1.165) is 11.0 Å². The minimum Gasteiger partial charge on any atom is -0.274 e. The van der Waals surface area contributed by atoms with E-state index >= 15 is 0 Å². The van der Waals surface area contributed by atoms with Crippen LogP contribution in [0.2, 0.25) is 0 Å². The summed E-state index contributed by atoms with van der Waals surface area (Å²) in [7, 11) is 0. The van der Waals surface area contributed by atoms with Crippen LogP contribution in [-0.2, 0) is 4.79 Å². The fourth-order valence-electron chi connectivity index (χ4n) is 1.61. The predicted molar refractivity (Wildman–Crippen MR) is 63.4 cm³/mol. The summed E-state index contributed by atoms with van der Waals surface area (Å²) in [6, 6.07) is 8.54. The van der Waals surface area contributed by atoms with Crippen LogP contribution in [0, 0.1) is 11.6 Å². The molecule has 1 amide bonds. The smallest absolute Gasteiger partial charge is 0.229 e. The van der Waals surface area contributed by atoms with Gasteiger partial charge < -0.3 is 0 Å². The first kappa shape index (κ1) is 12.2. The molecule has 5 heteroatoms. The minimum atomic E-state index is -1.07. The number of benzene rings is 1. The van der Waals surface area contributed by atoms with Gasteiger partial charge in [0.2, 0.25) is 5.91 Å². The Morgan fingerprint density at radius 1 is 1.17 bits per heavy atom. The Bertz CT molecular complexity index is 572. The lowest BCUT2D eigenvalue weighted by molar-refractivity contribution is -0.115. The summed E-state index contributed by atoms with van der Waals surface area (Å²) in [5.41, 5.74) is -0.152. The maximum atomic E-state index is 13.7. The minimum absolute atomic E-state index is 0.152. The Morgan fingerprint density at radius 3 is 2.56 bits per heavy atom. The molecule has 92 valence electrons. The number of halogens is 2. The number of carbonyl (C=O) groups excluding carboxylic acids is 1. The molecular formula is C13H10F2N2O. The van der Waals surface area contributed by atoms with E-state index in [0.29, 0.717) is 0 Å². The standard InChI is InChI=1S/C13H10F2N2O/c1-9(18)17(12-7-2-3-8-16-12)11-6-4-5-10(14)13(11)15/h2-8H,1H3. The molecule has 0 spiro atoms. The molecule has 2 rings (SSSR count). The lowest BCUT2D eigenvalue weighted by Crippen LogP contribution is -2.24. The average Bonchev–Trinajstić information content (AvgIpc) is 2.36. The Balaban J connectivity index is 2.56. The first-order valence-corrected chi connectivity index (χ1v) is 5.27. The van der Waals surface area contributed by atoms with Gasteiger partial charge in [-0.3, -0.25) is 9.69 Å². The molecule has 0 saturated carbocycles. The van der Waals surface area contributed by atoms with E-state index in [-0.39, 0.29) is 11.5 Å². The summed E-state index contributed by atoms with van der Waals surface area (Å²) in [5.74, 6) is -2.28. The van der Waals surface area contributed by atoms with Gasteiger partial charge in [-0.25, -0.2) is 13.8 Å². The molecule has 2 aromatic rings. The van der Waals surface area contributed by atoms with Crippen molar-refractivity contribution in [2.24, 2.45) is 0 Å². The summed E-state index contributed by atoms with van der Waals surface area (Å²) >= 11 is 0. The van der Waals surface area contributed by atoms with Crippen molar-refractivity contribution in [1.82, 2.24) is 4.98 Å². The molecule has 0 radical (unpaired) electrons. The van der Waals surface area contributed by atoms with Crippen LogP contribution in [0.25, 0.3) is 0 Å². The molecule has 0 aliphatic carbocycles. The Hall–Kier alpha value is -2.30. The summed E-state index contributed by atoms with van der Waals surface area (Å²) in [4.78, 5) is 16.6. The topological polar surface area (TPSA) is 33.2 Å². The summed E-state index contributed by atoms with van der Waals surface area (Å²) in [5, 5.41) is 0. The maximum Gasteiger partial charge on any atom is 0.229 e. The third-order valence-electron chi connectivity index (χ3n) is 2.37. The van der Waals surface area contributed by atoms with Crippen molar-refractivity contribution in [3.8, 4) is 0 Å². The van der Waals surface area contributed by atoms with Crippen LogP contribution in [-0.4, -0.2) is 10.9 Å². The largest absolute Gasteiger partial charge is 0.274 e. The lowest BCUT2D eigenvalue weighted by Gasteiger charge is -2.20. The van der Waals surface area contributed by atoms with Gasteiger partial charge in [-0.15, -0.1) is 0 Å². The van der Waals surface area contributed by atoms with Gasteiger partial charge in [-0.1, -0.05) is 12.1 Å². The highest BCUT2D eigenvalue weighted by Gasteiger charge is 2.20. The molecule has 1 aromatic carbocycles.